The monoisotopic (exact) mass is 200 g/mol. The second-order valence-corrected chi connectivity index (χ2v) is 2.94. The van der Waals surface area contributed by atoms with Gasteiger partial charge in [0.25, 0.3) is 0 Å². The molecule has 0 aliphatic heterocycles. The van der Waals surface area contributed by atoms with Crippen molar-refractivity contribution in [2.45, 2.75) is 19.8 Å². The largest absolute Gasteiger partial charge is 0.428 e. The first kappa shape index (κ1) is 12.1. The highest BCUT2D eigenvalue weighted by molar-refractivity contribution is 7.71. The van der Waals surface area contributed by atoms with E-state index in [1.165, 1.54) is 19.0 Å². The molecule has 0 spiro atoms. The Labute approximate surface area is 83.8 Å². The molecule has 0 unspecified atom stereocenters. The predicted molar refractivity (Wildman–Crippen MR) is 56.4 cm³/mol. The van der Waals surface area contributed by atoms with Gasteiger partial charge in [0, 0.05) is 6.20 Å². The molecule has 0 amide bonds. The fourth-order valence-corrected chi connectivity index (χ4v) is 0.762. The first-order valence-corrected chi connectivity index (χ1v) is 4.70. The van der Waals surface area contributed by atoms with Crippen molar-refractivity contribution >= 4 is 12.2 Å². The average molecular weight is 200 g/mol. The maximum absolute atomic E-state index is 8.73. The molecule has 1 heterocycles. The van der Waals surface area contributed by atoms with Gasteiger partial charge in [-0.15, -0.1) is 0 Å². The third-order valence-corrected chi connectivity index (χ3v) is 1.68. The lowest BCUT2D eigenvalue weighted by atomic mass is 10.3. The van der Waals surface area contributed by atoms with E-state index in [4.69, 9.17) is 10.9 Å². The van der Waals surface area contributed by atoms with E-state index in [0.717, 1.165) is 11.3 Å². The summed E-state index contributed by atoms with van der Waals surface area (Å²) in [6.07, 6.45) is 3.87. The summed E-state index contributed by atoms with van der Waals surface area (Å²) < 4.78 is 1.32. The molecule has 1 aromatic rings. The Bertz CT molecular complexity index is 270. The van der Waals surface area contributed by atoms with E-state index in [1.54, 1.807) is 18.2 Å². The van der Waals surface area contributed by atoms with Crippen molar-refractivity contribution in [3.63, 3.8) is 0 Å². The molecule has 0 atom stereocenters. The number of rotatable bonds is 2. The Morgan fingerprint density at radius 1 is 1.54 bits per heavy atom. The molecule has 0 aromatic carbocycles. The number of nitrogens with two attached hydrogens (primary N) is 1. The summed E-state index contributed by atoms with van der Waals surface area (Å²) in [5.74, 6) is 0. The molecular formula is C9H16N2OS. The normalized spacial score (nSPS) is 8.77. The van der Waals surface area contributed by atoms with Gasteiger partial charge in [-0.2, -0.15) is 4.73 Å². The van der Waals surface area contributed by atoms with Crippen LogP contribution in [-0.4, -0.2) is 16.5 Å². The summed E-state index contributed by atoms with van der Waals surface area (Å²) in [5.41, 5.74) is 5.14. The first-order valence-electron chi connectivity index (χ1n) is 4.29. The van der Waals surface area contributed by atoms with Crippen LogP contribution in [0.2, 0.25) is 0 Å². The Hall–Kier alpha value is -0.870. The molecule has 0 saturated carbocycles. The average Bonchev–Trinajstić information content (AvgIpc) is 2.13. The van der Waals surface area contributed by atoms with Crippen LogP contribution in [0.4, 0.5) is 0 Å². The van der Waals surface area contributed by atoms with Crippen LogP contribution < -0.4 is 5.73 Å². The van der Waals surface area contributed by atoms with Crippen LogP contribution in [-0.2, 0) is 0 Å². The minimum Gasteiger partial charge on any atom is -0.428 e. The zero-order chi connectivity index (χ0) is 10.1. The Kier molecular flexibility index (Phi) is 7.24. The van der Waals surface area contributed by atoms with E-state index in [2.05, 4.69) is 19.1 Å². The van der Waals surface area contributed by atoms with Gasteiger partial charge in [-0.1, -0.05) is 31.6 Å². The summed E-state index contributed by atoms with van der Waals surface area (Å²) >= 11 is 4.67. The third-order valence-electron chi connectivity index (χ3n) is 1.36. The molecule has 3 nitrogen and oxygen atoms in total. The van der Waals surface area contributed by atoms with Crippen molar-refractivity contribution in [3.8, 4) is 0 Å². The molecule has 0 fully saturated rings. The third kappa shape index (κ3) is 6.31. The molecular weight excluding hydrogens is 184 g/mol. The fourth-order valence-electron chi connectivity index (χ4n) is 0.623. The van der Waals surface area contributed by atoms with Crippen molar-refractivity contribution in [1.82, 2.24) is 4.73 Å². The molecule has 0 saturated heterocycles. The van der Waals surface area contributed by atoms with E-state index in [1.807, 2.05) is 0 Å². The first-order chi connectivity index (χ1) is 6.22. The maximum Gasteiger partial charge on any atom is 0.142 e. The van der Waals surface area contributed by atoms with Gasteiger partial charge >= 0.3 is 0 Å². The highest BCUT2D eigenvalue weighted by Crippen LogP contribution is 1.86. The van der Waals surface area contributed by atoms with Gasteiger partial charge in [0.05, 0.1) is 0 Å². The highest BCUT2D eigenvalue weighted by atomic mass is 32.1. The van der Waals surface area contributed by atoms with Gasteiger partial charge < -0.3 is 10.9 Å². The second-order valence-electron chi connectivity index (χ2n) is 2.53. The Morgan fingerprint density at radius 3 is 2.46 bits per heavy atom. The molecule has 3 N–H and O–H groups in total. The van der Waals surface area contributed by atoms with Gasteiger partial charge in [-0.05, 0) is 25.1 Å². The van der Waals surface area contributed by atoms with Crippen molar-refractivity contribution in [3.05, 3.63) is 29.0 Å². The molecule has 13 heavy (non-hydrogen) atoms. The predicted octanol–water partition coefficient (Wildman–Crippen LogP) is 2.20. The Morgan fingerprint density at radius 2 is 2.23 bits per heavy atom. The van der Waals surface area contributed by atoms with E-state index >= 15 is 0 Å². The van der Waals surface area contributed by atoms with Gasteiger partial charge in [-0.3, -0.25) is 0 Å². The van der Waals surface area contributed by atoms with Crippen molar-refractivity contribution in [1.29, 1.82) is 0 Å². The SMILES string of the molecule is CCCCN.On1ccccc1=S. The highest BCUT2D eigenvalue weighted by Gasteiger charge is 1.77. The van der Waals surface area contributed by atoms with Crippen molar-refractivity contribution < 1.29 is 5.21 Å². The molecule has 1 aromatic heterocycles. The van der Waals surface area contributed by atoms with Crippen LogP contribution in [0.1, 0.15) is 19.8 Å². The summed E-state index contributed by atoms with van der Waals surface area (Å²) in [7, 11) is 0. The van der Waals surface area contributed by atoms with Crippen LogP contribution in [0.5, 0.6) is 0 Å². The lowest BCUT2D eigenvalue weighted by molar-refractivity contribution is 0.180. The minimum absolute atomic E-state index is 0.424. The van der Waals surface area contributed by atoms with Crippen molar-refractivity contribution in [2.24, 2.45) is 5.73 Å². The second kappa shape index (κ2) is 7.76. The molecule has 0 aliphatic carbocycles. The topological polar surface area (TPSA) is 51.2 Å². The molecule has 0 aliphatic rings. The molecule has 0 bridgehead atoms. The van der Waals surface area contributed by atoms with E-state index in [0.29, 0.717) is 4.64 Å². The van der Waals surface area contributed by atoms with Crippen LogP contribution in [0.25, 0.3) is 0 Å². The number of hydrogen-bond acceptors (Lipinski definition) is 3. The number of unbranched alkanes of at least 4 members (excludes halogenated alkanes) is 1. The van der Waals surface area contributed by atoms with Crippen LogP contribution in [0, 0.1) is 4.64 Å². The molecule has 74 valence electrons. The number of nitrogens with zero attached hydrogens (tertiary/aromatic N) is 1. The summed E-state index contributed by atoms with van der Waals surface area (Å²) in [6.45, 7) is 2.98. The summed E-state index contributed by atoms with van der Waals surface area (Å²) in [6, 6.07) is 5.13. The van der Waals surface area contributed by atoms with Gasteiger partial charge in [-0.25, -0.2) is 0 Å². The molecule has 1 rings (SSSR count). The smallest absolute Gasteiger partial charge is 0.142 e. The van der Waals surface area contributed by atoms with E-state index in [-0.39, 0.29) is 0 Å². The number of aromatic nitrogens is 1. The Balaban J connectivity index is 0.000000252. The van der Waals surface area contributed by atoms with Crippen molar-refractivity contribution in [2.75, 3.05) is 6.54 Å². The van der Waals surface area contributed by atoms with Gasteiger partial charge in [0.2, 0.25) is 0 Å². The number of hydrogen-bond donors (Lipinski definition) is 2. The quantitative estimate of drug-likeness (QED) is 0.568. The fraction of sp³-hybridized carbons (Fsp3) is 0.444. The maximum atomic E-state index is 8.73. The van der Waals surface area contributed by atoms with E-state index < -0.39 is 0 Å². The van der Waals surface area contributed by atoms with Gasteiger partial charge in [0.1, 0.15) is 4.64 Å². The van der Waals surface area contributed by atoms with Crippen LogP contribution in [0.15, 0.2) is 24.4 Å². The zero-order valence-electron chi connectivity index (χ0n) is 7.81. The van der Waals surface area contributed by atoms with E-state index in [9.17, 15) is 0 Å². The zero-order valence-corrected chi connectivity index (χ0v) is 8.63. The summed E-state index contributed by atoms with van der Waals surface area (Å²) in [5, 5.41) is 8.73. The number of pyridine rings is 1. The lowest BCUT2D eigenvalue weighted by Gasteiger charge is -1.90. The van der Waals surface area contributed by atoms with Crippen LogP contribution >= 0.6 is 12.2 Å². The minimum atomic E-state index is 0.424. The lowest BCUT2D eigenvalue weighted by Crippen LogP contribution is -1.95. The molecule has 4 heteroatoms. The molecule has 0 radical (unpaired) electrons. The van der Waals surface area contributed by atoms with Gasteiger partial charge in [0.15, 0.2) is 0 Å². The summed E-state index contributed by atoms with van der Waals surface area (Å²) in [4.78, 5) is 0. The van der Waals surface area contributed by atoms with Crippen LogP contribution in [0.3, 0.4) is 0 Å². The standard InChI is InChI=1S/C5H5NOS.C4H11N/c7-6-4-2-1-3-5(6)8;1-2-3-4-5/h1-4,7H;2-5H2,1H3.